The quantitative estimate of drug-likeness (QED) is 0.623. The number of ether oxygens (including phenoxy) is 1. The molecular formula is C14H22ClF3N2O. The Bertz CT molecular complexity index is 365. The maximum atomic E-state index is 11.6. The van der Waals surface area contributed by atoms with Crippen molar-refractivity contribution in [2.45, 2.75) is 25.6 Å². The summed E-state index contributed by atoms with van der Waals surface area (Å²) < 4.78 is 38.4. The van der Waals surface area contributed by atoms with Gasteiger partial charge in [-0.05, 0) is 57.2 Å². The van der Waals surface area contributed by atoms with Crippen molar-refractivity contribution in [2.24, 2.45) is 0 Å². The largest absolute Gasteiger partial charge is 0.573 e. The van der Waals surface area contributed by atoms with Crippen LogP contribution in [-0.2, 0) is 0 Å². The van der Waals surface area contributed by atoms with Gasteiger partial charge in [-0.15, -0.1) is 24.8 Å². The first-order chi connectivity index (χ1) is 9.87. The van der Waals surface area contributed by atoms with E-state index in [2.05, 4.69) is 28.3 Å². The monoisotopic (exact) mass is 326 g/mol. The Balaban J connectivity index is 0.000000377. The van der Waals surface area contributed by atoms with Crippen LogP contribution in [0.4, 0.5) is 18.9 Å². The highest BCUT2D eigenvalue weighted by Gasteiger charge is 2.30. The number of alkyl halides is 4. The molecule has 7 heteroatoms. The summed E-state index contributed by atoms with van der Waals surface area (Å²) in [6.45, 7) is 2.64. The normalized spacial score (nSPS) is 15.1. The molecule has 1 fully saturated rings. The van der Waals surface area contributed by atoms with Gasteiger partial charge in [0.25, 0.3) is 0 Å². The highest BCUT2D eigenvalue weighted by Crippen LogP contribution is 2.22. The molecule has 1 heterocycles. The van der Waals surface area contributed by atoms with Gasteiger partial charge in [-0.25, -0.2) is 0 Å². The summed E-state index contributed by atoms with van der Waals surface area (Å²) in [5.41, 5.74) is 5.65. The lowest BCUT2D eigenvalue weighted by molar-refractivity contribution is -0.274. The van der Waals surface area contributed by atoms with Crippen molar-refractivity contribution in [2.75, 3.05) is 32.3 Å². The molecule has 0 saturated carbocycles. The number of nitrogens with two attached hydrogens (primary N) is 1. The Hall–Kier alpha value is -1.14. The van der Waals surface area contributed by atoms with Crippen LogP contribution < -0.4 is 10.5 Å². The minimum absolute atomic E-state index is 0.267. The Kier molecular flexibility index (Phi) is 9.99. The molecule has 1 aromatic carbocycles. The second-order valence-corrected chi connectivity index (χ2v) is 4.48. The van der Waals surface area contributed by atoms with Crippen molar-refractivity contribution >= 4 is 17.3 Å². The molecule has 0 radical (unpaired) electrons. The third kappa shape index (κ3) is 11.2. The highest BCUT2D eigenvalue weighted by atomic mass is 35.5. The molecule has 122 valence electrons. The molecule has 0 bridgehead atoms. The molecule has 1 aromatic rings. The van der Waals surface area contributed by atoms with Crippen LogP contribution in [0.15, 0.2) is 24.3 Å². The first-order valence-corrected chi connectivity index (χ1v) is 7.30. The molecule has 1 aliphatic heterocycles. The average molecular weight is 327 g/mol. The van der Waals surface area contributed by atoms with Crippen LogP contribution in [0.3, 0.4) is 0 Å². The summed E-state index contributed by atoms with van der Waals surface area (Å²) in [7, 11) is 2.19. The van der Waals surface area contributed by atoms with E-state index in [9.17, 15) is 13.2 Å². The van der Waals surface area contributed by atoms with Gasteiger partial charge in [-0.3, -0.25) is 0 Å². The molecule has 0 unspecified atom stereocenters. The smallest absolute Gasteiger partial charge is 0.406 e. The number of hydrogen-bond acceptors (Lipinski definition) is 3. The van der Waals surface area contributed by atoms with Crippen LogP contribution in [0.25, 0.3) is 0 Å². The SMILES string of the molecule is CCl.CN1CCCCC1.Nc1ccc(OC(F)(F)F)cc1. The van der Waals surface area contributed by atoms with Gasteiger partial charge in [0.15, 0.2) is 0 Å². The predicted molar refractivity (Wildman–Crippen MR) is 80.7 cm³/mol. The van der Waals surface area contributed by atoms with Crippen molar-refractivity contribution in [1.29, 1.82) is 0 Å². The lowest BCUT2D eigenvalue weighted by Gasteiger charge is -2.20. The summed E-state index contributed by atoms with van der Waals surface area (Å²) in [5, 5.41) is 0. The number of nitrogen functional groups attached to an aromatic ring is 1. The molecule has 0 aromatic heterocycles. The van der Waals surface area contributed by atoms with E-state index in [1.165, 1.54) is 50.9 Å². The standard InChI is InChI=1S/C7H6F3NO.C6H13N.CH3Cl/c8-7(9,10)12-6-3-1-5(11)2-4-6;1-7-5-3-2-4-6-7;1-2/h1-4H,11H2;2-6H2,1H3;1H3. The zero-order valence-electron chi connectivity index (χ0n) is 12.3. The van der Waals surface area contributed by atoms with E-state index >= 15 is 0 Å². The molecule has 0 atom stereocenters. The van der Waals surface area contributed by atoms with Gasteiger partial charge in [0, 0.05) is 12.1 Å². The van der Waals surface area contributed by atoms with Crippen LogP contribution in [0.5, 0.6) is 5.75 Å². The fourth-order valence-electron chi connectivity index (χ4n) is 1.72. The molecule has 2 N–H and O–H groups in total. The Morgan fingerprint density at radius 1 is 1.05 bits per heavy atom. The fourth-order valence-corrected chi connectivity index (χ4v) is 1.72. The minimum Gasteiger partial charge on any atom is -0.406 e. The maximum absolute atomic E-state index is 11.6. The van der Waals surface area contributed by atoms with Gasteiger partial charge >= 0.3 is 6.36 Å². The molecule has 2 rings (SSSR count). The van der Waals surface area contributed by atoms with E-state index in [4.69, 9.17) is 5.73 Å². The lowest BCUT2D eigenvalue weighted by atomic mass is 10.1. The van der Waals surface area contributed by atoms with Gasteiger partial charge in [0.05, 0.1) is 0 Å². The van der Waals surface area contributed by atoms with Gasteiger partial charge < -0.3 is 15.4 Å². The second-order valence-electron chi connectivity index (χ2n) is 4.48. The number of rotatable bonds is 1. The number of benzene rings is 1. The van der Waals surface area contributed by atoms with E-state index < -0.39 is 6.36 Å². The summed E-state index contributed by atoms with van der Waals surface area (Å²) >= 11 is 4.64. The summed E-state index contributed by atoms with van der Waals surface area (Å²) in [5.74, 6) is -0.267. The summed E-state index contributed by atoms with van der Waals surface area (Å²) in [6, 6.07) is 4.98. The van der Waals surface area contributed by atoms with Gasteiger partial charge in [0.1, 0.15) is 5.75 Å². The predicted octanol–water partition coefficient (Wildman–Crippen LogP) is 4.12. The van der Waals surface area contributed by atoms with Crippen LogP contribution >= 0.6 is 11.6 Å². The molecule has 0 aliphatic carbocycles. The summed E-state index contributed by atoms with van der Waals surface area (Å²) in [6.07, 6.45) is 1.10. The van der Waals surface area contributed by atoms with Crippen molar-refractivity contribution in [1.82, 2.24) is 4.90 Å². The van der Waals surface area contributed by atoms with E-state index in [1.807, 2.05) is 0 Å². The van der Waals surface area contributed by atoms with E-state index in [-0.39, 0.29) is 5.75 Å². The van der Waals surface area contributed by atoms with Gasteiger partial charge in [0.2, 0.25) is 0 Å². The molecule has 21 heavy (non-hydrogen) atoms. The van der Waals surface area contributed by atoms with Crippen molar-refractivity contribution < 1.29 is 17.9 Å². The van der Waals surface area contributed by atoms with E-state index in [0.717, 1.165) is 12.1 Å². The number of likely N-dealkylation sites (tertiary alicyclic amines) is 1. The molecule has 1 saturated heterocycles. The van der Waals surface area contributed by atoms with Crippen LogP contribution in [-0.4, -0.2) is 37.8 Å². The Morgan fingerprint density at radius 2 is 1.52 bits per heavy atom. The van der Waals surface area contributed by atoms with Crippen LogP contribution in [0, 0.1) is 0 Å². The van der Waals surface area contributed by atoms with E-state index in [0.29, 0.717) is 5.69 Å². The number of halogens is 4. The number of hydrogen-bond donors (Lipinski definition) is 1. The van der Waals surface area contributed by atoms with Crippen LogP contribution in [0.1, 0.15) is 19.3 Å². The van der Waals surface area contributed by atoms with Gasteiger partial charge in [-0.1, -0.05) is 6.42 Å². The number of piperidine rings is 1. The second kappa shape index (κ2) is 10.6. The van der Waals surface area contributed by atoms with Crippen molar-refractivity contribution in [3.63, 3.8) is 0 Å². The Labute approximate surface area is 128 Å². The van der Waals surface area contributed by atoms with E-state index in [1.54, 1.807) is 0 Å². The van der Waals surface area contributed by atoms with Gasteiger partial charge in [-0.2, -0.15) is 0 Å². The summed E-state index contributed by atoms with van der Waals surface area (Å²) in [4.78, 5) is 2.39. The number of anilines is 1. The fraction of sp³-hybridized carbons (Fsp3) is 0.571. The first-order valence-electron chi connectivity index (χ1n) is 6.54. The highest BCUT2D eigenvalue weighted by molar-refractivity contribution is 6.15. The zero-order valence-corrected chi connectivity index (χ0v) is 13.0. The van der Waals surface area contributed by atoms with Crippen molar-refractivity contribution in [3.8, 4) is 5.75 Å². The molecule has 0 amide bonds. The topological polar surface area (TPSA) is 38.5 Å². The molecule has 3 nitrogen and oxygen atoms in total. The van der Waals surface area contributed by atoms with Crippen molar-refractivity contribution in [3.05, 3.63) is 24.3 Å². The first kappa shape index (κ1) is 19.9. The maximum Gasteiger partial charge on any atom is 0.573 e. The van der Waals surface area contributed by atoms with Crippen LogP contribution in [0.2, 0.25) is 0 Å². The molecule has 0 spiro atoms. The Morgan fingerprint density at radius 3 is 1.86 bits per heavy atom. The zero-order chi connectivity index (χ0) is 16.3. The average Bonchev–Trinajstić information content (AvgIpc) is 2.44. The molecule has 1 aliphatic rings. The minimum atomic E-state index is -4.64. The molecular weight excluding hydrogens is 305 g/mol. The third-order valence-electron chi connectivity index (χ3n) is 2.69. The number of nitrogens with zero attached hydrogens (tertiary/aromatic N) is 1. The third-order valence-corrected chi connectivity index (χ3v) is 2.69. The lowest BCUT2D eigenvalue weighted by Crippen LogP contribution is -2.24.